The first-order valence-corrected chi connectivity index (χ1v) is 5.56. The van der Waals surface area contributed by atoms with Gasteiger partial charge in [0, 0.05) is 7.05 Å². The number of nitrogens with zero attached hydrogens (tertiary/aromatic N) is 1. The summed E-state index contributed by atoms with van der Waals surface area (Å²) in [6.07, 6.45) is 1.03. The van der Waals surface area contributed by atoms with E-state index in [1.54, 1.807) is 0 Å². The van der Waals surface area contributed by atoms with E-state index in [1.165, 1.54) is 11.9 Å². The highest BCUT2D eigenvalue weighted by molar-refractivity contribution is 7.80. The normalized spacial score (nSPS) is 10.9. The van der Waals surface area contributed by atoms with Gasteiger partial charge in [-0.05, 0) is 12.8 Å². The van der Waals surface area contributed by atoms with Crippen LogP contribution in [-0.4, -0.2) is 35.3 Å². The standard InChI is InChI=1S/C10H19N3O2S/c1-4-10(5-2,8(12)16)9(15)13(3)6-7(11)14/h4-6H2,1-3H3,(H2,11,14)(H2,12,16). The minimum absolute atomic E-state index is 0.122. The van der Waals surface area contributed by atoms with Crippen LogP contribution in [0.4, 0.5) is 0 Å². The van der Waals surface area contributed by atoms with Gasteiger partial charge in [-0.25, -0.2) is 0 Å². The van der Waals surface area contributed by atoms with E-state index in [4.69, 9.17) is 23.7 Å². The number of hydrogen-bond donors (Lipinski definition) is 2. The lowest BCUT2D eigenvalue weighted by atomic mass is 9.81. The average Bonchev–Trinajstić information content (AvgIpc) is 2.18. The Hall–Kier alpha value is -1.17. The summed E-state index contributed by atoms with van der Waals surface area (Å²) in [6, 6.07) is 0. The molecule has 16 heavy (non-hydrogen) atoms. The molecule has 0 aliphatic heterocycles. The summed E-state index contributed by atoms with van der Waals surface area (Å²) >= 11 is 4.95. The first-order valence-electron chi connectivity index (χ1n) is 5.15. The molecule has 0 aliphatic carbocycles. The highest BCUT2D eigenvalue weighted by atomic mass is 32.1. The number of nitrogens with two attached hydrogens (primary N) is 2. The van der Waals surface area contributed by atoms with Crippen molar-refractivity contribution in [3.8, 4) is 0 Å². The van der Waals surface area contributed by atoms with Crippen LogP contribution in [-0.2, 0) is 9.59 Å². The lowest BCUT2D eigenvalue weighted by Crippen LogP contribution is -2.50. The fraction of sp³-hybridized carbons (Fsp3) is 0.700. The van der Waals surface area contributed by atoms with Crippen LogP contribution in [0.2, 0.25) is 0 Å². The molecular weight excluding hydrogens is 226 g/mol. The Morgan fingerprint density at radius 1 is 1.25 bits per heavy atom. The van der Waals surface area contributed by atoms with Gasteiger partial charge in [0.05, 0.1) is 16.9 Å². The molecule has 0 saturated heterocycles. The van der Waals surface area contributed by atoms with Crippen molar-refractivity contribution in [2.75, 3.05) is 13.6 Å². The molecule has 0 aromatic rings. The van der Waals surface area contributed by atoms with Crippen LogP contribution in [0.25, 0.3) is 0 Å². The van der Waals surface area contributed by atoms with Crippen molar-refractivity contribution in [3.63, 3.8) is 0 Å². The highest BCUT2D eigenvalue weighted by Gasteiger charge is 2.40. The summed E-state index contributed by atoms with van der Waals surface area (Å²) in [6.45, 7) is 3.57. The smallest absolute Gasteiger partial charge is 0.237 e. The van der Waals surface area contributed by atoms with Crippen LogP contribution in [0.3, 0.4) is 0 Å². The van der Waals surface area contributed by atoms with E-state index in [2.05, 4.69) is 0 Å². The zero-order chi connectivity index (χ0) is 12.9. The third kappa shape index (κ3) is 2.91. The van der Waals surface area contributed by atoms with Crippen LogP contribution in [0.1, 0.15) is 26.7 Å². The Balaban J connectivity index is 5.02. The van der Waals surface area contributed by atoms with Gasteiger partial charge < -0.3 is 16.4 Å². The summed E-state index contributed by atoms with van der Waals surface area (Å²) in [5, 5.41) is 0. The van der Waals surface area contributed by atoms with Gasteiger partial charge in [0.25, 0.3) is 0 Å². The van der Waals surface area contributed by atoms with Gasteiger partial charge in [-0.1, -0.05) is 26.1 Å². The number of carbonyl (C=O) groups is 2. The van der Waals surface area contributed by atoms with Crippen molar-refractivity contribution < 1.29 is 9.59 Å². The fourth-order valence-electron chi connectivity index (χ4n) is 1.68. The van der Waals surface area contributed by atoms with Crippen molar-refractivity contribution >= 4 is 29.0 Å². The maximum absolute atomic E-state index is 12.2. The van der Waals surface area contributed by atoms with Crippen LogP contribution in [0, 0.1) is 5.41 Å². The topological polar surface area (TPSA) is 89.4 Å². The molecule has 2 amide bonds. The molecule has 0 heterocycles. The molecule has 0 aromatic heterocycles. The van der Waals surface area contributed by atoms with Crippen molar-refractivity contribution in [2.45, 2.75) is 26.7 Å². The average molecular weight is 245 g/mol. The Labute approximate surface area is 101 Å². The van der Waals surface area contributed by atoms with Gasteiger partial charge >= 0.3 is 0 Å². The number of hydrogen-bond acceptors (Lipinski definition) is 3. The maximum atomic E-state index is 12.2. The summed E-state index contributed by atoms with van der Waals surface area (Å²) in [4.78, 5) is 24.3. The van der Waals surface area contributed by atoms with E-state index in [-0.39, 0.29) is 17.4 Å². The van der Waals surface area contributed by atoms with Gasteiger partial charge in [-0.15, -0.1) is 0 Å². The number of thiocarbonyl (C=S) groups is 1. The second-order valence-corrected chi connectivity index (χ2v) is 4.22. The summed E-state index contributed by atoms with van der Waals surface area (Å²) in [5.41, 5.74) is 9.80. The minimum atomic E-state index is -0.862. The Morgan fingerprint density at radius 2 is 1.69 bits per heavy atom. The van der Waals surface area contributed by atoms with Crippen molar-refractivity contribution in [1.29, 1.82) is 0 Å². The zero-order valence-corrected chi connectivity index (χ0v) is 10.8. The third-order valence-electron chi connectivity index (χ3n) is 2.83. The Morgan fingerprint density at radius 3 is 1.94 bits per heavy atom. The predicted octanol–water partition coefficient (Wildman–Crippen LogP) is 0.0226. The quantitative estimate of drug-likeness (QED) is 0.646. The number of primary amides is 1. The second kappa shape index (κ2) is 5.79. The van der Waals surface area contributed by atoms with Gasteiger partial charge in [0.1, 0.15) is 0 Å². The van der Waals surface area contributed by atoms with Gasteiger partial charge in [0.2, 0.25) is 11.8 Å². The molecule has 0 unspecified atom stereocenters. The summed E-state index contributed by atoms with van der Waals surface area (Å²) < 4.78 is 0. The molecule has 0 saturated carbocycles. The minimum Gasteiger partial charge on any atom is -0.392 e. The molecule has 4 N–H and O–H groups in total. The molecule has 0 spiro atoms. The number of rotatable bonds is 6. The first-order chi connectivity index (χ1) is 7.31. The molecular formula is C10H19N3O2S. The molecule has 0 radical (unpaired) electrons. The Bertz CT molecular complexity index is 300. The molecule has 0 rings (SSSR count). The van der Waals surface area contributed by atoms with E-state index < -0.39 is 11.3 Å². The van der Waals surface area contributed by atoms with E-state index in [1.807, 2.05) is 13.8 Å². The molecule has 6 heteroatoms. The lowest BCUT2D eigenvalue weighted by Gasteiger charge is -2.32. The van der Waals surface area contributed by atoms with Crippen LogP contribution < -0.4 is 11.5 Å². The number of likely N-dealkylation sites (N-methyl/N-ethyl adjacent to an activating group) is 1. The Kier molecular flexibility index (Phi) is 5.37. The third-order valence-corrected chi connectivity index (χ3v) is 3.22. The van der Waals surface area contributed by atoms with E-state index in [0.717, 1.165) is 0 Å². The summed E-state index contributed by atoms with van der Waals surface area (Å²) in [7, 11) is 1.52. The highest BCUT2D eigenvalue weighted by Crippen LogP contribution is 2.29. The van der Waals surface area contributed by atoms with E-state index >= 15 is 0 Å². The first kappa shape index (κ1) is 14.8. The molecule has 0 fully saturated rings. The monoisotopic (exact) mass is 245 g/mol. The largest absolute Gasteiger partial charge is 0.392 e. The van der Waals surface area contributed by atoms with Gasteiger partial charge in [0.15, 0.2) is 0 Å². The van der Waals surface area contributed by atoms with Crippen LogP contribution in [0.15, 0.2) is 0 Å². The molecule has 0 aliphatic rings. The van der Waals surface area contributed by atoms with Crippen molar-refractivity contribution in [1.82, 2.24) is 4.90 Å². The number of carbonyl (C=O) groups excluding carboxylic acids is 2. The van der Waals surface area contributed by atoms with Crippen molar-refractivity contribution in [3.05, 3.63) is 0 Å². The molecule has 5 nitrogen and oxygen atoms in total. The molecule has 0 atom stereocenters. The second-order valence-electron chi connectivity index (χ2n) is 3.78. The predicted molar refractivity (Wildman–Crippen MR) is 66.6 cm³/mol. The number of amides is 2. The SMILES string of the molecule is CCC(CC)(C(=O)N(C)CC(N)=O)C(N)=S. The lowest BCUT2D eigenvalue weighted by molar-refractivity contribution is -0.140. The van der Waals surface area contributed by atoms with Gasteiger partial charge in [-0.2, -0.15) is 0 Å². The molecule has 0 bridgehead atoms. The van der Waals surface area contributed by atoms with Gasteiger partial charge in [-0.3, -0.25) is 9.59 Å². The van der Waals surface area contributed by atoms with Crippen LogP contribution >= 0.6 is 12.2 Å². The van der Waals surface area contributed by atoms with E-state index in [9.17, 15) is 9.59 Å². The van der Waals surface area contributed by atoms with Crippen LogP contribution in [0.5, 0.6) is 0 Å². The molecule has 92 valence electrons. The maximum Gasteiger partial charge on any atom is 0.237 e. The van der Waals surface area contributed by atoms with E-state index in [0.29, 0.717) is 12.8 Å². The fourth-order valence-corrected chi connectivity index (χ4v) is 2.05. The summed E-state index contributed by atoms with van der Waals surface area (Å²) in [5.74, 6) is -0.802. The van der Waals surface area contributed by atoms with Crippen molar-refractivity contribution in [2.24, 2.45) is 16.9 Å². The molecule has 0 aromatic carbocycles. The zero-order valence-electron chi connectivity index (χ0n) is 9.95.